The van der Waals surface area contributed by atoms with E-state index in [1.807, 2.05) is 0 Å². The molecule has 0 saturated carbocycles. The lowest BCUT2D eigenvalue weighted by atomic mass is 10.5. The molecule has 0 aromatic rings. The average molecular weight is 166 g/mol. The van der Waals surface area contributed by atoms with Gasteiger partial charge >= 0.3 is 0 Å². The van der Waals surface area contributed by atoms with E-state index in [-0.39, 0.29) is 15.8 Å². The molecule has 0 fully saturated rings. The zero-order valence-corrected chi connectivity index (χ0v) is 6.30. The molecule has 0 aliphatic carbocycles. The molecule has 0 rings (SSSR count). The molecule has 0 aromatic heterocycles. The van der Waals surface area contributed by atoms with Gasteiger partial charge in [0, 0.05) is 0 Å². The zero-order valence-electron chi connectivity index (χ0n) is 4.73. The molecule has 0 aliphatic heterocycles. The summed E-state index contributed by atoms with van der Waals surface area (Å²) in [6.07, 6.45) is 0. The summed E-state index contributed by atoms with van der Waals surface area (Å²) in [7, 11) is 0. The Kier molecular flexibility index (Phi) is 3.53. The van der Waals surface area contributed by atoms with Crippen molar-refractivity contribution in [2.24, 2.45) is 16.6 Å². The van der Waals surface area contributed by atoms with E-state index in [1.54, 1.807) is 0 Å². The van der Waals surface area contributed by atoms with Gasteiger partial charge in [-0.15, -0.1) is 0 Å². The molecular weight excluding hydrogens is 158 g/mol. The number of halogens is 1. The highest BCUT2D eigenvalue weighted by atomic mass is 35.5. The van der Waals surface area contributed by atoms with Crippen LogP contribution in [-0.4, -0.2) is 0 Å². The Morgan fingerprint density at radius 2 is 1.89 bits per heavy atom. The van der Waals surface area contributed by atoms with Crippen molar-refractivity contribution in [3.63, 3.8) is 0 Å². The average Bonchev–Trinajstić information content (AvgIpc) is 1.84. The number of rotatable bonds is 2. The summed E-state index contributed by atoms with van der Waals surface area (Å²) in [6, 6.07) is 0. The van der Waals surface area contributed by atoms with Gasteiger partial charge in [-0.1, -0.05) is 18.2 Å². The highest BCUT2D eigenvalue weighted by Crippen LogP contribution is 2.12. The Morgan fingerprint density at radius 3 is 2.00 bits per heavy atom. The molecule has 0 unspecified atom stereocenters. The molecule has 0 heterocycles. The van der Waals surface area contributed by atoms with Crippen molar-refractivity contribution in [3.05, 3.63) is 22.3 Å². The largest absolute Gasteiger partial charge is 0.395 e. The maximum atomic E-state index is 5.38. The smallest absolute Gasteiger partial charge is 0.105 e. The van der Waals surface area contributed by atoms with Crippen molar-refractivity contribution in [2.75, 3.05) is 0 Å². The molecule has 6 N–H and O–H groups in total. The van der Waals surface area contributed by atoms with Gasteiger partial charge in [-0.2, -0.15) is 0 Å². The predicted molar refractivity (Wildman–Crippen MR) is 42.2 cm³/mol. The molecule has 9 heavy (non-hydrogen) atoms. The summed E-state index contributed by atoms with van der Waals surface area (Å²) >= 11 is 6.22. The van der Waals surface area contributed by atoms with Gasteiger partial charge in [0.2, 0.25) is 0 Å². The van der Waals surface area contributed by atoms with Crippen LogP contribution in [0, 0.1) is 0 Å². The first kappa shape index (κ1) is 8.68. The maximum Gasteiger partial charge on any atom is 0.105 e. The van der Waals surface area contributed by atoms with Gasteiger partial charge in [0.05, 0.1) is 10.7 Å². The predicted octanol–water partition coefficient (Wildman–Crippen LogP) is 0.432. The van der Waals surface area contributed by atoms with Crippen LogP contribution in [0.3, 0.4) is 0 Å². The lowest BCUT2D eigenvalue weighted by Gasteiger charge is -1.99. The second-order valence-electron chi connectivity index (χ2n) is 1.30. The molecule has 0 amide bonds. The van der Waals surface area contributed by atoms with E-state index >= 15 is 0 Å². The SMILES string of the molecule is C=C(Cl)/C(N)=C(/N)SN. The van der Waals surface area contributed by atoms with Crippen LogP contribution < -0.4 is 16.6 Å². The highest BCUT2D eigenvalue weighted by molar-refractivity contribution is 8.00. The van der Waals surface area contributed by atoms with Gasteiger partial charge in [-0.25, -0.2) is 0 Å². The van der Waals surface area contributed by atoms with Crippen LogP contribution in [0.4, 0.5) is 0 Å². The van der Waals surface area contributed by atoms with Gasteiger partial charge in [0.15, 0.2) is 0 Å². The van der Waals surface area contributed by atoms with Gasteiger partial charge in [-0.05, 0) is 11.9 Å². The summed E-state index contributed by atoms with van der Waals surface area (Å²) < 4.78 is 0. The van der Waals surface area contributed by atoms with E-state index in [4.69, 9.17) is 28.2 Å². The van der Waals surface area contributed by atoms with Crippen molar-refractivity contribution in [1.82, 2.24) is 0 Å². The molecule has 0 aliphatic rings. The molecule has 3 nitrogen and oxygen atoms in total. The van der Waals surface area contributed by atoms with E-state index in [9.17, 15) is 0 Å². The van der Waals surface area contributed by atoms with Crippen LogP contribution in [0.15, 0.2) is 22.3 Å². The molecule has 0 saturated heterocycles. The molecule has 0 aromatic carbocycles. The Bertz CT molecular complexity index is 154. The van der Waals surface area contributed by atoms with Crippen LogP contribution in [0.5, 0.6) is 0 Å². The fourth-order valence-electron chi connectivity index (χ4n) is 0.197. The first-order valence-corrected chi connectivity index (χ1v) is 3.32. The van der Waals surface area contributed by atoms with Gasteiger partial charge in [0.25, 0.3) is 0 Å². The fraction of sp³-hybridized carbons (Fsp3) is 0. The van der Waals surface area contributed by atoms with E-state index < -0.39 is 0 Å². The minimum Gasteiger partial charge on any atom is -0.395 e. The summed E-state index contributed by atoms with van der Waals surface area (Å²) in [4.78, 5) is 0. The topological polar surface area (TPSA) is 78.1 Å². The van der Waals surface area contributed by atoms with Crippen LogP contribution in [0.1, 0.15) is 0 Å². The molecule has 0 radical (unpaired) electrons. The molecule has 0 atom stereocenters. The summed E-state index contributed by atoms with van der Waals surface area (Å²) in [5, 5.41) is 5.57. The lowest BCUT2D eigenvalue weighted by molar-refractivity contribution is 1.33. The molecule has 0 bridgehead atoms. The second-order valence-corrected chi connectivity index (χ2v) is 2.43. The first-order chi connectivity index (χ1) is 4.09. The number of nitrogens with two attached hydrogens (primary N) is 3. The normalized spacial score (nSPS) is 12.7. The summed E-state index contributed by atoms with van der Waals surface area (Å²) in [5.74, 6) is 0. The number of hydrogen-bond acceptors (Lipinski definition) is 4. The van der Waals surface area contributed by atoms with Crippen molar-refractivity contribution in [2.45, 2.75) is 0 Å². The molecule has 0 spiro atoms. The maximum absolute atomic E-state index is 5.38. The third kappa shape index (κ3) is 2.64. The minimum atomic E-state index is 0.213. The van der Waals surface area contributed by atoms with Gasteiger partial charge < -0.3 is 11.5 Å². The molecule has 5 heteroatoms. The van der Waals surface area contributed by atoms with Crippen molar-refractivity contribution < 1.29 is 0 Å². The van der Waals surface area contributed by atoms with E-state index in [0.29, 0.717) is 0 Å². The van der Waals surface area contributed by atoms with E-state index in [1.165, 1.54) is 0 Å². The molecule has 52 valence electrons. The van der Waals surface area contributed by atoms with Crippen molar-refractivity contribution in [3.8, 4) is 0 Å². The summed E-state index contributed by atoms with van der Waals surface area (Å²) in [5.41, 5.74) is 10.8. The number of allylic oxidation sites excluding steroid dienone is 1. The van der Waals surface area contributed by atoms with Crippen LogP contribution in [0.2, 0.25) is 0 Å². The van der Waals surface area contributed by atoms with Gasteiger partial charge in [-0.3, -0.25) is 5.14 Å². The standard InChI is InChI=1S/C4H8ClN3S/c1-2(5)3(6)4(7)9-8/h1,6-8H2/b4-3+. The zero-order chi connectivity index (χ0) is 7.44. The second kappa shape index (κ2) is 3.66. The lowest BCUT2D eigenvalue weighted by Crippen LogP contribution is -2.08. The van der Waals surface area contributed by atoms with Gasteiger partial charge in [0.1, 0.15) is 5.03 Å². The van der Waals surface area contributed by atoms with Crippen LogP contribution >= 0.6 is 23.5 Å². The Balaban J connectivity index is 4.28. The Morgan fingerprint density at radius 1 is 1.44 bits per heavy atom. The van der Waals surface area contributed by atoms with E-state index in [0.717, 1.165) is 11.9 Å². The molecular formula is C4H8ClN3S. The Hall–Kier alpha value is -0.320. The number of hydrogen-bond donors (Lipinski definition) is 3. The first-order valence-electron chi connectivity index (χ1n) is 2.06. The van der Waals surface area contributed by atoms with Crippen molar-refractivity contribution >= 4 is 23.5 Å². The monoisotopic (exact) mass is 165 g/mol. The Labute approximate surface area is 63.0 Å². The highest BCUT2D eigenvalue weighted by Gasteiger charge is 1.98. The third-order valence-corrected chi connectivity index (χ3v) is 1.36. The fourth-order valence-corrected chi connectivity index (χ4v) is 0.605. The minimum absolute atomic E-state index is 0.213. The van der Waals surface area contributed by atoms with Crippen LogP contribution in [0.25, 0.3) is 0 Å². The van der Waals surface area contributed by atoms with E-state index in [2.05, 4.69) is 6.58 Å². The third-order valence-electron chi connectivity index (χ3n) is 0.685. The quantitative estimate of drug-likeness (QED) is 0.410. The van der Waals surface area contributed by atoms with Crippen molar-refractivity contribution in [1.29, 1.82) is 0 Å². The summed E-state index contributed by atoms with van der Waals surface area (Å²) in [6.45, 7) is 3.36. The van der Waals surface area contributed by atoms with Crippen LogP contribution in [-0.2, 0) is 0 Å².